The second kappa shape index (κ2) is 9.23. The molecular weight excluding hydrogens is 428 g/mol. The van der Waals surface area contributed by atoms with Gasteiger partial charge in [0.15, 0.2) is 5.76 Å². The van der Waals surface area contributed by atoms with E-state index in [1.165, 1.54) is 17.9 Å². The van der Waals surface area contributed by atoms with Crippen LogP contribution < -0.4 is 10.9 Å². The number of hydrazine groups is 1. The van der Waals surface area contributed by atoms with Gasteiger partial charge in [0.1, 0.15) is 0 Å². The summed E-state index contributed by atoms with van der Waals surface area (Å²) in [4.78, 5) is 32.6. The van der Waals surface area contributed by atoms with Crippen molar-refractivity contribution >= 4 is 33.6 Å². The summed E-state index contributed by atoms with van der Waals surface area (Å²) >= 11 is 0. The number of para-hydroxylation sites is 1. The van der Waals surface area contributed by atoms with E-state index in [9.17, 15) is 9.59 Å². The molecule has 7 nitrogen and oxygen atoms in total. The summed E-state index contributed by atoms with van der Waals surface area (Å²) in [5.74, 6) is -0.613. The quantitative estimate of drug-likeness (QED) is 0.313. The number of nitrogens with zero attached hydrogens (tertiary/aromatic N) is 1. The van der Waals surface area contributed by atoms with Crippen molar-refractivity contribution in [1.29, 1.82) is 0 Å². The van der Waals surface area contributed by atoms with Gasteiger partial charge in [0.25, 0.3) is 0 Å². The molecule has 0 aliphatic rings. The van der Waals surface area contributed by atoms with Crippen LogP contribution in [0.5, 0.6) is 0 Å². The highest BCUT2D eigenvalue weighted by atomic mass is 16.3. The van der Waals surface area contributed by atoms with Crippen molar-refractivity contribution in [2.45, 2.75) is 26.2 Å². The Morgan fingerprint density at radius 1 is 1.00 bits per heavy atom. The molecule has 0 aliphatic carbocycles. The third-order valence-electron chi connectivity index (χ3n) is 5.81. The van der Waals surface area contributed by atoms with Gasteiger partial charge in [-0.25, -0.2) is 4.98 Å². The Morgan fingerprint density at radius 2 is 1.88 bits per heavy atom. The lowest BCUT2D eigenvalue weighted by Gasteiger charge is -2.08. The van der Waals surface area contributed by atoms with Gasteiger partial charge in [0, 0.05) is 22.7 Å². The van der Waals surface area contributed by atoms with Crippen LogP contribution in [0.15, 0.2) is 77.4 Å². The number of aromatic amines is 1. The highest BCUT2D eigenvalue weighted by Crippen LogP contribution is 2.32. The molecule has 0 saturated heterocycles. The number of carbonyl (C=O) groups is 2. The number of rotatable bonds is 6. The predicted molar refractivity (Wildman–Crippen MR) is 131 cm³/mol. The van der Waals surface area contributed by atoms with E-state index < -0.39 is 5.91 Å². The van der Waals surface area contributed by atoms with E-state index in [1.54, 1.807) is 6.07 Å². The van der Waals surface area contributed by atoms with Crippen LogP contribution in [0.3, 0.4) is 0 Å². The van der Waals surface area contributed by atoms with E-state index in [4.69, 9.17) is 9.40 Å². The monoisotopic (exact) mass is 452 g/mol. The van der Waals surface area contributed by atoms with E-state index in [-0.39, 0.29) is 18.1 Å². The van der Waals surface area contributed by atoms with Crippen molar-refractivity contribution in [3.63, 3.8) is 0 Å². The first-order valence-electron chi connectivity index (χ1n) is 11.2. The highest BCUT2D eigenvalue weighted by Gasteiger charge is 2.16. The van der Waals surface area contributed by atoms with Crippen molar-refractivity contribution in [3.05, 3.63) is 89.9 Å². The molecule has 3 heterocycles. The molecule has 2 aromatic carbocycles. The molecule has 0 unspecified atom stereocenters. The van der Waals surface area contributed by atoms with E-state index in [0.29, 0.717) is 12.8 Å². The number of nitrogens with one attached hydrogen (secondary N) is 3. The van der Waals surface area contributed by atoms with Gasteiger partial charge in [-0.1, -0.05) is 35.9 Å². The maximum Gasteiger partial charge on any atom is 0.305 e. The van der Waals surface area contributed by atoms with Crippen LogP contribution in [0.2, 0.25) is 0 Å². The number of hydrogen-bond acceptors (Lipinski definition) is 4. The average Bonchev–Trinajstić information content (AvgIpc) is 3.51. The molecule has 0 saturated carbocycles. The Hall–Kier alpha value is -4.39. The Morgan fingerprint density at radius 3 is 2.74 bits per heavy atom. The largest absolute Gasteiger partial charge is 0.459 e. The SMILES string of the molecule is Cc1ccc2[nH]c(-c3ccc4ccccc4n3)c(CCCC(=O)NNC(=O)c3ccco3)c2c1. The van der Waals surface area contributed by atoms with Crippen molar-refractivity contribution in [2.75, 3.05) is 0 Å². The second-order valence-corrected chi connectivity index (χ2v) is 8.25. The Balaban J connectivity index is 1.34. The zero-order chi connectivity index (χ0) is 23.5. The lowest BCUT2D eigenvalue weighted by molar-refractivity contribution is -0.121. The minimum atomic E-state index is -0.491. The number of hydrogen-bond donors (Lipinski definition) is 3. The number of furan rings is 1. The highest BCUT2D eigenvalue weighted by molar-refractivity contribution is 5.93. The van der Waals surface area contributed by atoms with E-state index in [1.807, 2.05) is 30.3 Å². The summed E-state index contributed by atoms with van der Waals surface area (Å²) in [7, 11) is 0. The number of fused-ring (bicyclic) bond motifs is 2. The lowest BCUT2D eigenvalue weighted by Crippen LogP contribution is -2.41. The normalized spacial score (nSPS) is 11.1. The van der Waals surface area contributed by atoms with E-state index in [0.717, 1.165) is 38.8 Å². The first-order chi connectivity index (χ1) is 16.6. The standard InChI is InChI=1S/C27H24N4O3/c1-17-11-13-22-20(16-17)19(7-4-10-25(32)30-31-27(33)24-9-5-15-34-24)26(29-22)23-14-12-18-6-2-3-8-21(18)28-23/h2-3,5-6,8-9,11-16,29H,4,7,10H2,1H3,(H,30,32)(H,31,33). The van der Waals surface area contributed by atoms with Crippen molar-refractivity contribution in [2.24, 2.45) is 0 Å². The molecule has 0 bridgehead atoms. The number of aromatic nitrogens is 2. The minimum Gasteiger partial charge on any atom is -0.459 e. The van der Waals surface area contributed by atoms with Crippen LogP contribution in [-0.4, -0.2) is 21.8 Å². The Kier molecular flexibility index (Phi) is 5.82. The van der Waals surface area contributed by atoms with Gasteiger partial charge in [-0.15, -0.1) is 0 Å². The fourth-order valence-electron chi connectivity index (χ4n) is 4.13. The second-order valence-electron chi connectivity index (χ2n) is 8.25. The van der Waals surface area contributed by atoms with Crippen LogP contribution in [-0.2, 0) is 11.2 Å². The van der Waals surface area contributed by atoms with Gasteiger partial charge in [-0.3, -0.25) is 20.4 Å². The van der Waals surface area contributed by atoms with Gasteiger partial charge >= 0.3 is 5.91 Å². The first kappa shape index (κ1) is 21.5. The molecule has 3 N–H and O–H groups in total. The molecule has 2 amide bonds. The predicted octanol–water partition coefficient (Wildman–Crippen LogP) is 5.07. The van der Waals surface area contributed by atoms with Gasteiger partial charge < -0.3 is 9.40 Å². The summed E-state index contributed by atoms with van der Waals surface area (Å²) in [6.07, 6.45) is 2.97. The molecule has 7 heteroatoms. The number of pyridine rings is 1. The van der Waals surface area contributed by atoms with Crippen LogP contribution >= 0.6 is 0 Å². The summed E-state index contributed by atoms with van der Waals surface area (Å²) in [5, 5.41) is 2.23. The molecule has 3 aromatic heterocycles. The van der Waals surface area contributed by atoms with Crippen molar-refractivity contribution < 1.29 is 14.0 Å². The van der Waals surface area contributed by atoms with Crippen LogP contribution in [0, 0.1) is 6.92 Å². The van der Waals surface area contributed by atoms with Gasteiger partial charge in [0.05, 0.1) is 23.2 Å². The third-order valence-corrected chi connectivity index (χ3v) is 5.81. The molecule has 0 radical (unpaired) electrons. The number of aryl methyl sites for hydroxylation is 2. The first-order valence-corrected chi connectivity index (χ1v) is 11.2. The topological polar surface area (TPSA) is 100 Å². The molecule has 34 heavy (non-hydrogen) atoms. The van der Waals surface area contributed by atoms with E-state index >= 15 is 0 Å². The van der Waals surface area contributed by atoms with E-state index in [2.05, 4.69) is 47.0 Å². The maximum atomic E-state index is 12.3. The van der Waals surface area contributed by atoms with Crippen molar-refractivity contribution in [3.8, 4) is 11.4 Å². The summed E-state index contributed by atoms with van der Waals surface area (Å²) < 4.78 is 5.02. The summed E-state index contributed by atoms with van der Waals surface area (Å²) in [5.41, 5.74) is 10.9. The fourth-order valence-corrected chi connectivity index (χ4v) is 4.13. The molecule has 0 aliphatic heterocycles. The molecule has 0 atom stereocenters. The lowest BCUT2D eigenvalue weighted by atomic mass is 10.0. The average molecular weight is 453 g/mol. The number of benzene rings is 2. The Labute approximate surface area is 196 Å². The number of H-pyrrole nitrogens is 1. The molecular formula is C27H24N4O3. The molecule has 5 aromatic rings. The fraction of sp³-hybridized carbons (Fsp3) is 0.148. The Bertz CT molecular complexity index is 1480. The van der Waals surface area contributed by atoms with Crippen LogP contribution in [0.25, 0.3) is 33.2 Å². The van der Waals surface area contributed by atoms with Crippen molar-refractivity contribution in [1.82, 2.24) is 20.8 Å². The van der Waals surface area contributed by atoms with Crippen LogP contribution in [0.4, 0.5) is 0 Å². The van der Waals surface area contributed by atoms with Gasteiger partial charge in [-0.05, 0) is 61.7 Å². The smallest absolute Gasteiger partial charge is 0.305 e. The van der Waals surface area contributed by atoms with Gasteiger partial charge in [-0.2, -0.15) is 0 Å². The van der Waals surface area contributed by atoms with Crippen LogP contribution in [0.1, 0.15) is 34.5 Å². The molecule has 170 valence electrons. The maximum absolute atomic E-state index is 12.3. The number of carbonyl (C=O) groups excluding carboxylic acids is 2. The third kappa shape index (κ3) is 4.41. The minimum absolute atomic E-state index is 0.141. The molecule has 0 fully saturated rings. The zero-order valence-corrected chi connectivity index (χ0v) is 18.7. The molecule has 0 spiro atoms. The summed E-state index contributed by atoms with van der Waals surface area (Å²) in [6.45, 7) is 2.07. The number of amides is 2. The summed E-state index contributed by atoms with van der Waals surface area (Å²) in [6, 6.07) is 21.6. The molecule has 5 rings (SSSR count). The zero-order valence-electron chi connectivity index (χ0n) is 18.7. The van der Waals surface area contributed by atoms with Gasteiger partial charge in [0.2, 0.25) is 5.91 Å².